The van der Waals surface area contributed by atoms with Crippen molar-refractivity contribution >= 4 is 27.9 Å². The van der Waals surface area contributed by atoms with Crippen molar-refractivity contribution in [3.8, 4) is 0 Å². The van der Waals surface area contributed by atoms with E-state index >= 15 is 0 Å². The monoisotopic (exact) mass is 562 g/mol. The molecule has 0 saturated heterocycles. The molecule has 13 heteroatoms. The van der Waals surface area contributed by atoms with Crippen molar-refractivity contribution in [3.63, 3.8) is 0 Å². The van der Waals surface area contributed by atoms with Crippen LogP contribution in [0.25, 0.3) is 0 Å². The van der Waals surface area contributed by atoms with Gasteiger partial charge in [0.2, 0.25) is 17.7 Å². The van der Waals surface area contributed by atoms with Crippen LogP contribution in [-0.2, 0) is 26.3 Å². The lowest BCUT2D eigenvalue weighted by Crippen LogP contribution is -2.51. The molecule has 0 unspecified atom stereocenters. The molecule has 39 heavy (non-hydrogen) atoms. The van der Waals surface area contributed by atoms with Crippen LogP contribution >= 0.6 is 0 Å². The molecule has 3 rings (SSSR count). The third-order valence-electron chi connectivity index (χ3n) is 6.48. The lowest BCUT2D eigenvalue weighted by atomic mass is 10.0. The quantitative estimate of drug-likeness (QED) is 0.415. The average Bonchev–Trinajstić information content (AvgIpc) is 3.26. The zero-order valence-corrected chi connectivity index (χ0v) is 23.8. The van der Waals surface area contributed by atoms with Crippen molar-refractivity contribution in [2.45, 2.75) is 71.6 Å². The molecule has 1 aliphatic rings. The maximum atomic E-state index is 13.5. The predicted molar refractivity (Wildman–Crippen MR) is 145 cm³/mol. The summed E-state index contributed by atoms with van der Waals surface area (Å²) in [6.45, 7) is 7.27. The molecular formula is C26H38N6O6S. The Morgan fingerprint density at radius 2 is 1.79 bits per heavy atom. The van der Waals surface area contributed by atoms with E-state index in [-0.39, 0.29) is 42.1 Å². The van der Waals surface area contributed by atoms with E-state index in [2.05, 4.69) is 25.7 Å². The number of amides is 3. The van der Waals surface area contributed by atoms with E-state index in [1.165, 1.54) is 7.05 Å². The van der Waals surface area contributed by atoms with Crippen LogP contribution in [0.5, 0.6) is 0 Å². The Kier molecular flexibility index (Phi) is 10.2. The van der Waals surface area contributed by atoms with E-state index in [1.54, 1.807) is 13.8 Å². The minimum absolute atomic E-state index is 0.0106. The Morgan fingerprint density at radius 3 is 2.46 bits per heavy atom. The van der Waals surface area contributed by atoms with Gasteiger partial charge in [-0.15, -0.1) is 0 Å². The molecule has 2 bridgehead atoms. The first-order valence-electron chi connectivity index (χ1n) is 13.0. The number of fused-ring (bicyclic) bond motifs is 2. The van der Waals surface area contributed by atoms with E-state index in [9.17, 15) is 22.8 Å². The van der Waals surface area contributed by atoms with Gasteiger partial charge in [0.15, 0.2) is 5.69 Å². The number of oxazole rings is 1. The van der Waals surface area contributed by atoms with Crippen LogP contribution in [0.2, 0.25) is 0 Å². The summed E-state index contributed by atoms with van der Waals surface area (Å²) in [6, 6.07) is 6.52. The van der Waals surface area contributed by atoms with E-state index in [0.29, 0.717) is 19.4 Å². The number of aromatic nitrogens is 1. The zero-order chi connectivity index (χ0) is 28.7. The Labute approximate surface area is 229 Å². The topological polar surface area (TPSA) is 163 Å². The number of benzene rings is 1. The predicted octanol–water partition coefficient (Wildman–Crippen LogP) is 1.55. The summed E-state index contributed by atoms with van der Waals surface area (Å²) in [5, 5.41) is 8.24. The molecule has 1 aliphatic heterocycles. The smallest absolute Gasteiger partial charge is 0.280 e. The van der Waals surface area contributed by atoms with Crippen LogP contribution < -0.4 is 20.7 Å². The fraction of sp³-hybridized carbons (Fsp3) is 0.538. The summed E-state index contributed by atoms with van der Waals surface area (Å²) in [4.78, 5) is 43.0. The fourth-order valence-corrected chi connectivity index (χ4v) is 5.22. The van der Waals surface area contributed by atoms with Gasteiger partial charge in [-0.25, -0.2) is 4.98 Å². The molecule has 0 aliphatic carbocycles. The van der Waals surface area contributed by atoms with Crippen molar-refractivity contribution in [1.29, 1.82) is 0 Å². The summed E-state index contributed by atoms with van der Waals surface area (Å²) >= 11 is 0. The van der Waals surface area contributed by atoms with Crippen LogP contribution in [0.1, 0.15) is 73.8 Å². The van der Waals surface area contributed by atoms with Crippen LogP contribution in [0.3, 0.4) is 0 Å². The first-order chi connectivity index (χ1) is 18.4. The van der Waals surface area contributed by atoms with Gasteiger partial charge in [0.05, 0.1) is 0 Å². The van der Waals surface area contributed by atoms with E-state index in [4.69, 9.17) is 4.42 Å². The zero-order valence-electron chi connectivity index (χ0n) is 23.0. The molecule has 214 valence electrons. The van der Waals surface area contributed by atoms with Gasteiger partial charge in [0.1, 0.15) is 23.9 Å². The molecular weight excluding hydrogens is 524 g/mol. The molecule has 4 N–H and O–H groups in total. The number of nitrogens with zero attached hydrogens (tertiary/aromatic N) is 2. The lowest BCUT2D eigenvalue weighted by Gasteiger charge is -2.26. The number of hydrogen-bond acceptors (Lipinski definition) is 7. The second kappa shape index (κ2) is 13.2. The van der Waals surface area contributed by atoms with Crippen molar-refractivity contribution in [1.82, 2.24) is 30.0 Å². The molecule has 3 amide bonds. The number of carbonyl (C=O) groups excluding carboxylic acids is 3. The van der Waals surface area contributed by atoms with Crippen LogP contribution in [0, 0.1) is 12.8 Å². The number of hydrogen-bond donors (Lipinski definition) is 4. The molecule has 2 aromatic rings. The first-order valence-corrected chi connectivity index (χ1v) is 14.5. The highest BCUT2D eigenvalue weighted by molar-refractivity contribution is 7.87. The fourth-order valence-electron chi connectivity index (χ4n) is 4.14. The normalized spacial score (nSPS) is 21.9. The first kappa shape index (κ1) is 30.3. The standard InChI is InChI=1S/C26H38N6O6S/c1-16(2)21-26-30-22(18(4)38-26)25(35)28-17(3)23(33)27-14-10-9-13-20(24(34)29-21)31-39(36,37)32(5)15-19-11-7-6-8-12-19/h6-8,11-12,16-17,20-21,31H,9-10,13-15H2,1-5H3,(H,27,33)(H,28,35)(H,29,34)/t17-,20+,21+/m1/s1. The van der Waals surface area contributed by atoms with Crippen molar-refractivity contribution < 1.29 is 27.2 Å². The summed E-state index contributed by atoms with van der Waals surface area (Å²) in [7, 11) is -2.59. The maximum absolute atomic E-state index is 13.5. The van der Waals surface area contributed by atoms with Gasteiger partial charge >= 0.3 is 0 Å². The third kappa shape index (κ3) is 8.10. The van der Waals surface area contributed by atoms with Gasteiger partial charge in [-0.05, 0) is 44.6 Å². The minimum atomic E-state index is -4.03. The second-order valence-electron chi connectivity index (χ2n) is 10.1. The van der Waals surface area contributed by atoms with Crippen molar-refractivity contribution in [2.24, 2.45) is 5.92 Å². The minimum Gasteiger partial charge on any atom is -0.443 e. The lowest BCUT2D eigenvalue weighted by molar-refractivity contribution is -0.124. The molecule has 0 radical (unpaired) electrons. The van der Waals surface area contributed by atoms with E-state index in [1.807, 2.05) is 44.2 Å². The number of nitrogens with one attached hydrogen (secondary N) is 4. The molecule has 1 aromatic heterocycles. The summed E-state index contributed by atoms with van der Waals surface area (Å²) in [5.74, 6) is -1.32. The highest BCUT2D eigenvalue weighted by Crippen LogP contribution is 2.24. The number of rotatable bonds is 6. The van der Waals surface area contributed by atoms with Crippen LogP contribution in [0.15, 0.2) is 34.7 Å². The second-order valence-corrected chi connectivity index (χ2v) is 11.9. The largest absolute Gasteiger partial charge is 0.443 e. The molecule has 1 aromatic carbocycles. The highest BCUT2D eigenvalue weighted by Gasteiger charge is 2.32. The molecule has 12 nitrogen and oxygen atoms in total. The number of carbonyl (C=O) groups is 3. The molecule has 2 heterocycles. The van der Waals surface area contributed by atoms with Gasteiger partial charge in [0, 0.05) is 20.1 Å². The van der Waals surface area contributed by atoms with Crippen molar-refractivity contribution in [2.75, 3.05) is 13.6 Å². The van der Waals surface area contributed by atoms with E-state index < -0.39 is 40.1 Å². The molecule has 0 saturated carbocycles. The van der Waals surface area contributed by atoms with Gasteiger partial charge in [-0.2, -0.15) is 17.4 Å². The third-order valence-corrected chi connectivity index (χ3v) is 8.02. The molecule has 3 atom stereocenters. The summed E-state index contributed by atoms with van der Waals surface area (Å²) < 4.78 is 35.8. The van der Waals surface area contributed by atoms with Gasteiger partial charge in [0.25, 0.3) is 16.1 Å². The van der Waals surface area contributed by atoms with Crippen LogP contribution in [0.4, 0.5) is 0 Å². The highest BCUT2D eigenvalue weighted by atomic mass is 32.2. The van der Waals surface area contributed by atoms with Gasteiger partial charge < -0.3 is 20.4 Å². The Morgan fingerprint density at radius 1 is 1.10 bits per heavy atom. The van der Waals surface area contributed by atoms with Gasteiger partial charge in [-0.1, -0.05) is 44.2 Å². The molecule has 0 spiro atoms. The Balaban J connectivity index is 1.88. The SMILES string of the molecule is Cc1oc2nc1C(=O)N[C@H](C)C(=O)NCCCC[C@H](NS(=O)(=O)N(C)Cc1ccccc1)C(=O)N[C@H]2C(C)C. The van der Waals surface area contributed by atoms with Crippen LogP contribution in [-0.4, -0.2) is 61.1 Å². The summed E-state index contributed by atoms with van der Waals surface area (Å²) in [5.41, 5.74) is 0.813. The maximum Gasteiger partial charge on any atom is 0.280 e. The van der Waals surface area contributed by atoms with E-state index in [0.717, 1.165) is 9.87 Å². The Hall–Kier alpha value is -3.29. The van der Waals surface area contributed by atoms with Gasteiger partial charge in [-0.3, -0.25) is 14.4 Å². The van der Waals surface area contributed by atoms with Crippen molar-refractivity contribution in [3.05, 3.63) is 53.2 Å². The average molecular weight is 563 g/mol. The Bertz CT molecular complexity index is 1260. The summed E-state index contributed by atoms with van der Waals surface area (Å²) in [6.07, 6.45) is 1.16. The molecule has 0 fully saturated rings. The number of aryl methyl sites for hydroxylation is 1.